The van der Waals surface area contributed by atoms with Gasteiger partial charge in [-0.2, -0.15) is 13.2 Å². The second-order valence-electron chi connectivity index (χ2n) is 10.6. The van der Waals surface area contributed by atoms with Crippen LogP contribution in [0.2, 0.25) is 0 Å². The van der Waals surface area contributed by atoms with E-state index >= 15 is 0 Å². The Morgan fingerprint density at radius 2 is 1.74 bits per heavy atom. The van der Waals surface area contributed by atoms with E-state index < -0.39 is 18.2 Å². The van der Waals surface area contributed by atoms with Crippen LogP contribution in [0.1, 0.15) is 33.6 Å². The number of hydrogen-bond acceptors (Lipinski definition) is 9. The molecular formula is C30H28F3N3O5S2. The Balaban J connectivity index is 0.000000472. The molecule has 226 valence electrons. The number of fused-ring (bicyclic) bond motifs is 4. The lowest BCUT2D eigenvalue weighted by Gasteiger charge is -2.51. The zero-order chi connectivity index (χ0) is 30.6. The van der Waals surface area contributed by atoms with Crippen molar-refractivity contribution in [1.82, 2.24) is 4.98 Å². The summed E-state index contributed by atoms with van der Waals surface area (Å²) in [6.07, 6.45) is -1.75. The Hall–Kier alpha value is -3.81. The monoisotopic (exact) mass is 631 g/mol. The van der Waals surface area contributed by atoms with Crippen LogP contribution < -0.4 is 10.4 Å². The number of ketones is 1. The molecule has 0 spiro atoms. The first-order chi connectivity index (χ1) is 20.5. The van der Waals surface area contributed by atoms with Crippen LogP contribution in [0.4, 0.5) is 18.9 Å². The fourth-order valence-corrected chi connectivity index (χ4v) is 7.29. The third-order valence-electron chi connectivity index (χ3n) is 7.74. The largest absolute Gasteiger partial charge is 0.542 e. The highest BCUT2D eigenvalue weighted by Crippen LogP contribution is 2.38. The Morgan fingerprint density at radius 3 is 2.37 bits per heavy atom. The van der Waals surface area contributed by atoms with Gasteiger partial charge in [0.15, 0.2) is 17.2 Å². The number of quaternary nitrogens is 1. The molecule has 2 aromatic carbocycles. The van der Waals surface area contributed by atoms with E-state index in [4.69, 9.17) is 14.6 Å². The van der Waals surface area contributed by atoms with Crippen LogP contribution in [0.15, 0.2) is 72.2 Å². The molecule has 7 rings (SSSR count). The van der Waals surface area contributed by atoms with Crippen LogP contribution in [0, 0.1) is 5.92 Å². The number of alkyl halides is 3. The van der Waals surface area contributed by atoms with Gasteiger partial charge in [-0.1, -0.05) is 36.4 Å². The van der Waals surface area contributed by atoms with Crippen LogP contribution in [-0.2, 0) is 14.3 Å². The van der Waals surface area contributed by atoms with Gasteiger partial charge in [-0.05, 0) is 29.7 Å². The second kappa shape index (κ2) is 12.8. The third kappa shape index (κ3) is 7.40. The molecule has 3 fully saturated rings. The number of nitrogens with zero attached hydrogens (tertiary/aromatic N) is 2. The minimum absolute atomic E-state index is 0.0873. The van der Waals surface area contributed by atoms with Gasteiger partial charge in [0.2, 0.25) is 5.78 Å². The number of para-hydroxylation sites is 1. The quantitative estimate of drug-likeness (QED) is 0.168. The highest BCUT2D eigenvalue weighted by atomic mass is 32.1. The number of thiophene rings is 1. The lowest BCUT2D eigenvalue weighted by molar-refractivity contribution is -0.938. The van der Waals surface area contributed by atoms with Gasteiger partial charge in [0.25, 0.3) is 0 Å². The van der Waals surface area contributed by atoms with Crippen molar-refractivity contribution in [2.75, 3.05) is 31.5 Å². The maximum absolute atomic E-state index is 13.7. The van der Waals surface area contributed by atoms with Crippen LogP contribution in [-0.4, -0.2) is 65.6 Å². The summed E-state index contributed by atoms with van der Waals surface area (Å²) in [7, 11) is 0. The number of carboxylic acids is 1. The molecule has 4 aromatic rings. The fourth-order valence-electron chi connectivity index (χ4n) is 5.62. The van der Waals surface area contributed by atoms with Gasteiger partial charge in [-0.15, -0.1) is 22.7 Å². The van der Waals surface area contributed by atoms with Gasteiger partial charge < -0.3 is 24.4 Å². The van der Waals surface area contributed by atoms with Crippen molar-refractivity contribution in [3.05, 3.63) is 82.1 Å². The molecule has 5 heterocycles. The van der Waals surface area contributed by atoms with Gasteiger partial charge >= 0.3 is 12.1 Å². The lowest BCUT2D eigenvalue weighted by Crippen LogP contribution is -2.65. The zero-order valence-corrected chi connectivity index (χ0v) is 24.4. The number of aromatic nitrogens is 1. The highest BCUT2D eigenvalue weighted by molar-refractivity contribution is 7.19. The molecule has 3 aliphatic rings. The number of Topliss-reactive ketones (excluding diaryl/α,β-unsaturated/α-hetero) is 1. The number of benzene rings is 2. The first-order valence-corrected chi connectivity index (χ1v) is 15.3. The normalized spacial score (nSPS) is 21.8. The summed E-state index contributed by atoms with van der Waals surface area (Å²) >= 11 is 3.01. The first-order valence-electron chi connectivity index (χ1n) is 13.6. The highest BCUT2D eigenvalue weighted by Gasteiger charge is 2.49. The summed E-state index contributed by atoms with van der Waals surface area (Å²) in [4.78, 5) is 40.5. The van der Waals surface area contributed by atoms with Crippen molar-refractivity contribution in [1.29, 1.82) is 0 Å². The summed E-state index contributed by atoms with van der Waals surface area (Å²) < 4.78 is 39.7. The number of piperidine rings is 3. The third-order valence-corrected chi connectivity index (χ3v) is 9.74. The average Bonchev–Trinajstić information content (AvgIpc) is 3.67. The number of halogens is 3. The number of hydrogen-bond donors (Lipinski definition) is 1. The van der Waals surface area contributed by atoms with Crippen LogP contribution in [0.25, 0.3) is 10.1 Å². The first kappa shape index (κ1) is 30.6. The maximum Gasteiger partial charge on any atom is 0.430 e. The number of thiazole rings is 1. The molecule has 0 amide bonds. The van der Waals surface area contributed by atoms with Gasteiger partial charge in [0.1, 0.15) is 19.1 Å². The second-order valence-corrected chi connectivity index (χ2v) is 12.6. The summed E-state index contributed by atoms with van der Waals surface area (Å²) in [5.41, 5.74) is 0.878. The predicted molar refractivity (Wildman–Crippen MR) is 154 cm³/mol. The summed E-state index contributed by atoms with van der Waals surface area (Å²) in [6.45, 7) is 3.03. The Morgan fingerprint density at radius 1 is 1.07 bits per heavy atom. The van der Waals surface area contributed by atoms with E-state index in [-0.39, 0.29) is 17.9 Å². The topological polar surface area (TPSA) is 108 Å². The number of carboxylic acid groups (broad SMARTS) is 1. The van der Waals surface area contributed by atoms with Crippen molar-refractivity contribution in [2.24, 2.45) is 5.92 Å². The molecule has 2 atom stereocenters. The molecule has 0 saturated carbocycles. The van der Waals surface area contributed by atoms with E-state index in [2.05, 4.69) is 28.5 Å². The number of nitrogens with one attached hydrogen (secondary N) is 1. The van der Waals surface area contributed by atoms with Crippen LogP contribution in [0.5, 0.6) is 0 Å². The van der Waals surface area contributed by atoms with Gasteiger partial charge in [0.05, 0.1) is 13.1 Å². The predicted octanol–water partition coefficient (Wildman–Crippen LogP) is 4.84. The standard InChI is InChI=1S/C28H28N3O3S2.C2HF3O2/c32-22(27-29-12-15-35-27)17-31-13-10-19(11-14-31)23(18-31)34-28(33)26(30-21-7-2-1-3-8-21)25-16-20-6-4-5-9-24(20)36-25;3-2(4,5)1(6)7/h1-9,12,15-16,19,23,26,30H,10-11,13-14,17-18H2;(H,6,7)/q+1;/p-1/t19?,23-,26+,31?;/m0./s1. The molecule has 43 heavy (non-hydrogen) atoms. The number of aliphatic carboxylic acids is 1. The molecular weight excluding hydrogens is 603 g/mol. The van der Waals surface area contributed by atoms with E-state index in [1.54, 1.807) is 17.5 Å². The minimum Gasteiger partial charge on any atom is -0.542 e. The average molecular weight is 632 g/mol. The van der Waals surface area contributed by atoms with Gasteiger partial charge in [-0.25, -0.2) is 9.78 Å². The molecule has 0 aliphatic carbocycles. The van der Waals surface area contributed by atoms with Crippen molar-refractivity contribution < 1.29 is 41.9 Å². The van der Waals surface area contributed by atoms with E-state index in [0.717, 1.165) is 46.6 Å². The summed E-state index contributed by atoms with van der Waals surface area (Å²) in [5, 5.41) is 15.7. The van der Waals surface area contributed by atoms with Crippen LogP contribution >= 0.6 is 22.7 Å². The van der Waals surface area contributed by atoms with E-state index in [1.165, 1.54) is 11.3 Å². The summed E-state index contributed by atoms with van der Waals surface area (Å²) in [6, 6.07) is 19.5. The van der Waals surface area contributed by atoms with Crippen molar-refractivity contribution in [3.63, 3.8) is 0 Å². The van der Waals surface area contributed by atoms with Crippen molar-refractivity contribution in [3.8, 4) is 0 Å². The van der Waals surface area contributed by atoms with Crippen molar-refractivity contribution >= 4 is 56.2 Å². The van der Waals surface area contributed by atoms with Crippen LogP contribution in [0.3, 0.4) is 0 Å². The molecule has 3 saturated heterocycles. The number of rotatable bonds is 8. The Labute approximate surface area is 253 Å². The molecule has 2 aromatic heterocycles. The number of carbonyl (C=O) groups is 3. The minimum atomic E-state index is -5.19. The van der Waals surface area contributed by atoms with E-state index in [9.17, 15) is 22.8 Å². The molecule has 13 heteroatoms. The summed E-state index contributed by atoms with van der Waals surface area (Å²) in [5.74, 6) is -2.82. The Kier molecular flexibility index (Phi) is 9.13. The van der Waals surface area contributed by atoms with Gasteiger partial charge in [-0.3, -0.25) is 4.79 Å². The SMILES string of the molecule is O=C(C[N+]12CCC(CC1)[C@@H](OC(=O)[C@H](Nc1ccccc1)c1cc3ccccc3s1)C2)c1nccs1.O=C([O-])C(F)(F)F. The maximum atomic E-state index is 13.7. The van der Waals surface area contributed by atoms with Crippen molar-refractivity contribution in [2.45, 2.75) is 31.2 Å². The molecule has 0 unspecified atom stereocenters. The van der Waals surface area contributed by atoms with Gasteiger partial charge in [0, 0.05) is 45.6 Å². The number of carbonyl (C=O) groups excluding carboxylic acids is 3. The number of esters is 1. The molecule has 1 N–H and O–H groups in total. The molecule has 0 radical (unpaired) electrons. The lowest BCUT2D eigenvalue weighted by atomic mass is 9.83. The zero-order valence-electron chi connectivity index (χ0n) is 22.8. The smallest absolute Gasteiger partial charge is 0.430 e. The van der Waals surface area contributed by atoms with E-state index in [0.29, 0.717) is 28.5 Å². The van der Waals surface area contributed by atoms with E-state index in [1.807, 2.05) is 47.8 Å². The molecule has 8 nitrogen and oxygen atoms in total. The Bertz CT molecular complexity index is 1540. The molecule has 2 bridgehead atoms. The molecule has 3 aliphatic heterocycles. The fraction of sp³-hybridized carbons (Fsp3) is 0.333. The number of ether oxygens (including phenoxy) is 1. The number of anilines is 1.